The van der Waals surface area contributed by atoms with Gasteiger partial charge in [0, 0.05) is 11.6 Å². The first-order valence-corrected chi connectivity index (χ1v) is 7.91. The molecule has 1 aromatic heterocycles. The van der Waals surface area contributed by atoms with Crippen LogP contribution >= 0.6 is 11.8 Å². The summed E-state index contributed by atoms with van der Waals surface area (Å²) in [6.07, 6.45) is 3.72. The first-order chi connectivity index (χ1) is 10.7. The van der Waals surface area contributed by atoms with Gasteiger partial charge in [0.15, 0.2) is 0 Å². The largest absolute Gasteiger partial charge is 0.457 e. The predicted molar refractivity (Wildman–Crippen MR) is 87.2 cm³/mol. The molecule has 1 aliphatic heterocycles. The van der Waals surface area contributed by atoms with Crippen molar-refractivity contribution in [2.75, 3.05) is 0 Å². The Labute approximate surface area is 132 Å². The van der Waals surface area contributed by atoms with Crippen molar-refractivity contribution in [3.63, 3.8) is 0 Å². The summed E-state index contributed by atoms with van der Waals surface area (Å²) in [5.74, 6) is 0.931. The SMILES string of the molecule is CCCc1cccc(-c2ccc(/C=C3\SC(=O)NC3=O)o2)c1. The fraction of sp³-hybridized carbons (Fsp3) is 0.176. The lowest BCUT2D eigenvalue weighted by Crippen LogP contribution is -2.17. The Hall–Kier alpha value is -2.27. The molecule has 2 amide bonds. The van der Waals surface area contributed by atoms with Crippen molar-refractivity contribution in [3.8, 4) is 11.3 Å². The van der Waals surface area contributed by atoms with Gasteiger partial charge < -0.3 is 4.42 Å². The van der Waals surface area contributed by atoms with Crippen LogP contribution in [0.1, 0.15) is 24.7 Å². The number of imide groups is 1. The van der Waals surface area contributed by atoms with Crippen molar-refractivity contribution in [1.29, 1.82) is 0 Å². The number of amides is 2. The summed E-state index contributed by atoms with van der Waals surface area (Å²) >= 11 is 0.884. The molecule has 0 bridgehead atoms. The third kappa shape index (κ3) is 3.14. The lowest BCUT2D eigenvalue weighted by atomic mass is 10.1. The van der Waals surface area contributed by atoms with E-state index in [0.29, 0.717) is 10.7 Å². The van der Waals surface area contributed by atoms with Crippen LogP contribution in [0.5, 0.6) is 0 Å². The highest BCUT2D eigenvalue weighted by Crippen LogP contribution is 2.28. The number of carbonyl (C=O) groups is 2. The third-order valence-electron chi connectivity index (χ3n) is 3.29. The molecule has 22 heavy (non-hydrogen) atoms. The van der Waals surface area contributed by atoms with Gasteiger partial charge in [0.05, 0.1) is 4.91 Å². The Kier molecular flexibility index (Phi) is 4.15. The van der Waals surface area contributed by atoms with Crippen LogP contribution < -0.4 is 5.32 Å². The second-order valence-electron chi connectivity index (χ2n) is 5.00. The highest BCUT2D eigenvalue weighted by atomic mass is 32.2. The van der Waals surface area contributed by atoms with E-state index < -0.39 is 0 Å². The van der Waals surface area contributed by atoms with Crippen molar-refractivity contribution in [1.82, 2.24) is 5.32 Å². The van der Waals surface area contributed by atoms with Crippen LogP contribution in [-0.2, 0) is 11.2 Å². The van der Waals surface area contributed by atoms with Crippen LogP contribution in [-0.4, -0.2) is 11.1 Å². The molecule has 3 rings (SSSR count). The first kappa shape index (κ1) is 14.7. The molecule has 0 atom stereocenters. The van der Waals surface area contributed by atoms with E-state index in [1.807, 2.05) is 18.2 Å². The van der Waals surface area contributed by atoms with E-state index in [4.69, 9.17) is 4.42 Å². The molecular formula is C17H15NO3S. The summed E-state index contributed by atoms with van der Waals surface area (Å²) in [5, 5.41) is 1.87. The summed E-state index contributed by atoms with van der Waals surface area (Å²) in [6.45, 7) is 2.15. The average Bonchev–Trinajstić information content (AvgIpc) is 3.07. The maximum Gasteiger partial charge on any atom is 0.290 e. The van der Waals surface area contributed by atoms with E-state index >= 15 is 0 Å². The van der Waals surface area contributed by atoms with Gasteiger partial charge >= 0.3 is 0 Å². The quantitative estimate of drug-likeness (QED) is 0.858. The van der Waals surface area contributed by atoms with Crippen LogP contribution in [0, 0.1) is 0 Å². The standard InChI is InChI=1S/C17H15NO3S/c1-2-4-11-5-3-6-12(9-11)14-8-7-13(21-14)10-15-16(19)18-17(20)22-15/h3,5-10H,2,4H2,1H3,(H,18,19,20)/b15-10-. The fourth-order valence-corrected chi connectivity index (χ4v) is 2.97. The summed E-state index contributed by atoms with van der Waals surface area (Å²) in [5.41, 5.74) is 2.28. The molecule has 1 N–H and O–H groups in total. The number of furan rings is 1. The number of rotatable bonds is 4. The van der Waals surface area contributed by atoms with Gasteiger partial charge in [0.25, 0.3) is 11.1 Å². The number of thioether (sulfide) groups is 1. The average molecular weight is 313 g/mol. The van der Waals surface area contributed by atoms with Gasteiger partial charge in [-0.25, -0.2) is 0 Å². The zero-order valence-electron chi connectivity index (χ0n) is 12.1. The molecule has 1 fully saturated rings. The number of hydrogen-bond donors (Lipinski definition) is 1. The van der Waals surface area contributed by atoms with Crippen molar-refractivity contribution < 1.29 is 14.0 Å². The maximum absolute atomic E-state index is 11.5. The molecule has 0 saturated carbocycles. The van der Waals surface area contributed by atoms with Gasteiger partial charge in [0.2, 0.25) is 0 Å². The minimum absolute atomic E-state index is 0.352. The molecular weight excluding hydrogens is 298 g/mol. The Balaban J connectivity index is 1.85. The Morgan fingerprint density at radius 1 is 1.23 bits per heavy atom. The summed E-state index contributed by atoms with van der Waals surface area (Å²) < 4.78 is 5.77. The lowest BCUT2D eigenvalue weighted by molar-refractivity contribution is -0.115. The van der Waals surface area contributed by atoms with Crippen LogP contribution in [0.3, 0.4) is 0 Å². The van der Waals surface area contributed by atoms with Gasteiger partial charge in [-0.05, 0) is 41.9 Å². The zero-order chi connectivity index (χ0) is 15.5. The highest BCUT2D eigenvalue weighted by molar-refractivity contribution is 8.18. The monoisotopic (exact) mass is 313 g/mol. The summed E-state index contributed by atoms with van der Waals surface area (Å²) in [7, 11) is 0. The van der Waals surface area contributed by atoms with Gasteiger partial charge in [-0.2, -0.15) is 0 Å². The van der Waals surface area contributed by atoms with E-state index in [2.05, 4.69) is 24.4 Å². The molecule has 2 heterocycles. The molecule has 1 aliphatic rings. The predicted octanol–water partition coefficient (Wildman–Crippen LogP) is 4.22. The van der Waals surface area contributed by atoms with E-state index in [1.54, 1.807) is 12.1 Å². The van der Waals surface area contributed by atoms with Crippen LogP contribution in [0.2, 0.25) is 0 Å². The van der Waals surface area contributed by atoms with E-state index in [1.165, 1.54) is 5.56 Å². The van der Waals surface area contributed by atoms with Crippen LogP contribution in [0.15, 0.2) is 45.7 Å². The molecule has 1 aromatic carbocycles. The van der Waals surface area contributed by atoms with E-state index in [0.717, 1.165) is 35.9 Å². The normalized spacial score (nSPS) is 16.3. The summed E-state index contributed by atoms with van der Waals surface area (Å²) in [4.78, 5) is 23.0. The number of benzene rings is 1. The van der Waals surface area contributed by atoms with Crippen molar-refractivity contribution in [2.24, 2.45) is 0 Å². The van der Waals surface area contributed by atoms with Gasteiger partial charge in [0.1, 0.15) is 11.5 Å². The fourth-order valence-electron chi connectivity index (χ4n) is 2.30. The van der Waals surface area contributed by atoms with Gasteiger partial charge in [-0.15, -0.1) is 0 Å². The van der Waals surface area contributed by atoms with Crippen LogP contribution in [0.25, 0.3) is 17.4 Å². The molecule has 0 unspecified atom stereocenters. The summed E-state index contributed by atoms with van der Waals surface area (Å²) in [6, 6.07) is 11.9. The minimum atomic E-state index is -0.377. The zero-order valence-corrected chi connectivity index (χ0v) is 12.9. The molecule has 2 aromatic rings. The van der Waals surface area contributed by atoms with Gasteiger partial charge in [-0.1, -0.05) is 31.5 Å². The number of carbonyl (C=O) groups excluding carboxylic acids is 2. The van der Waals surface area contributed by atoms with Crippen molar-refractivity contribution in [3.05, 3.63) is 52.6 Å². The minimum Gasteiger partial charge on any atom is -0.457 e. The van der Waals surface area contributed by atoms with Crippen molar-refractivity contribution in [2.45, 2.75) is 19.8 Å². The number of nitrogens with one attached hydrogen (secondary N) is 1. The molecule has 0 spiro atoms. The van der Waals surface area contributed by atoms with Crippen LogP contribution in [0.4, 0.5) is 4.79 Å². The maximum atomic E-state index is 11.5. The Morgan fingerprint density at radius 3 is 2.82 bits per heavy atom. The molecule has 1 saturated heterocycles. The third-order valence-corrected chi connectivity index (χ3v) is 4.10. The van der Waals surface area contributed by atoms with E-state index in [9.17, 15) is 9.59 Å². The molecule has 4 nitrogen and oxygen atoms in total. The topological polar surface area (TPSA) is 59.3 Å². The smallest absolute Gasteiger partial charge is 0.290 e. The number of hydrogen-bond acceptors (Lipinski definition) is 4. The molecule has 0 radical (unpaired) electrons. The van der Waals surface area contributed by atoms with Crippen molar-refractivity contribution >= 4 is 29.0 Å². The second kappa shape index (κ2) is 6.23. The lowest BCUT2D eigenvalue weighted by Gasteiger charge is -2.01. The Bertz CT molecular complexity index is 761. The first-order valence-electron chi connectivity index (χ1n) is 7.09. The Morgan fingerprint density at radius 2 is 2.09 bits per heavy atom. The molecule has 0 aliphatic carbocycles. The van der Waals surface area contributed by atoms with Gasteiger partial charge in [-0.3, -0.25) is 14.9 Å². The second-order valence-corrected chi connectivity index (χ2v) is 6.02. The van der Waals surface area contributed by atoms with E-state index in [-0.39, 0.29) is 11.1 Å². The molecule has 112 valence electrons. The number of aryl methyl sites for hydroxylation is 1. The molecule has 5 heteroatoms. The highest BCUT2D eigenvalue weighted by Gasteiger charge is 2.25.